The number of anilines is 2. The van der Waals surface area contributed by atoms with Crippen LogP contribution in [0.2, 0.25) is 0 Å². The van der Waals surface area contributed by atoms with Gasteiger partial charge in [0.1, 0.15) is 5.01 Å². The van der Waals surface area contributed by atoms with Crippen molar-refractivity contribution in [2.45, 2.75) is 6.92 Å². The first-order chi connectivity index (χ1) is 10.5. The van der Waals surface area contributed by atoms with Crippen molar-refractivity contribution < 1.29 is 19.1 Å². The largest absolute Gasteiger partial charge is 0.465 e. The van der Waals surface area contributed by atoms with Crippen LogP contribution >= 0.6 is 11.3 Å². The van der Waals surface area contributed by atoms with Crippen molar-refractivity contribution in [1.29, 1.82) is 0 Å². The van der Waals surface area contributed by atoms with E-state index in [0.717, 1.165) is 11.3 Å². The van der Waals surface area contributed by atoms with E-state index in [9.17, 15) is 14.4 Å². The van der Waals surface area contributed by atoms with Crippen LogP contribution in [0.5, 0.6) is 0 Å². The molecule has 0 fully saturated rings. The summed E-state index contributed by atoms with van der Waals surface area (Å²) >= 11 is 1.16. The zero-order valence-electron chi connectivity index (χ0n) is 11.7. The van der Waals surface area contributed by atoms with Crippen LogP contribution in [0.3, 0.4) is 0 Å². The Bertz CT molecular complexity index is 711. The lowest BCUT2D eigenvalue weighted by molar-refractivity contribution is -0.133. The van der Waals surface area contributed by atoms with Crippen molar-refractivity contribution in [1.82, 2.24) is 10.2 Å². The molecule has 0 aliphatic rings. The van der Waals surface area contributed by atoms with Gasteiger partial charge < -0.3 is 10.1 Å². The van der Waals surface area contributed by atoms with Crippen molar-refractivity contribution in [2.24, 2.45) is 0 Å². The molecule has 0 bridgehead atoms. The third-order valence-corrected chi connectivity index (χ3v) is 3.27. The predicted octanol–water partition coefficient (Wildman–Crippen LogP) is 1.21. The second-order valence-corrected chi connectivity index (χ2v) is 5.29. The normalized spacial score (nSPS) is 9.91. The Kier molecular flexibility index (Phi) is 4.79. The summed E-state index contributed by atoms with van der Waals surface area (Å²) in [5, 5.41) is 13.1. The molecular weight excluding hydrogens is 308 g/mol. The molecule has 2 rings (SSSR count). The highest BCUT2D eigenvalue weighted by Crippen LogP contribution is 2.14. The first kappa shape index (κ1) is 15.6. The van der Waals surface area contributed by atoms with Gasteiger partial charge in [0.05, 0.1) is 12.7 Å². The quantitative estimate of drug-likeness (QED) is 0.649. The minimum Gasteiger partial charge on any atom is -0.465 e. The molecule has 0 saturated carbocycles. The maximum absolute atomic E-state index is 11.7. The van der Waals surface area contributed by atoms with Gasteiger partial charge in [-0.3, -0.25) is 14.9 Å². The molecule has 0 radical (unpaired) electrons. The lowest BCUT2D eigenvalue weighted by atomic mass is 10.2. The summed E-state index contributed by atoms with van der Waals surface area (Å²) in [5.41, 5.74) is 0.718. The highest BCUT2D eigenvalue weighted by atomic mass is 32.1. The number of hydrogen-bond acceptors (Lipinski definition) is 7. The van der Waals surface area contributed by atoms with Gasteiger partial charge in [0.25, 0.3) is 0 Å². The Morgan fingerprint density at radius 2 is 1.68 bits per heavy atom. The average molecular weight is 320 g/mol. The average Bonchev–Trinajstić information content (AvgIpc) is 2.92. The Hall–Kier alpha value is -2.81. The van der Waals surface area contributed by atoms with Crippen LogP contribution in [-0.2, 0) is 14.3 Å². The highest BCUT2D eigenvalue weighted by Gasteiger charge is 2.16. The molecule has 1 aromatic carbocycles. The summed E-state index contributed by atoms with van der Waals surface area (Å²) in [5.74, 6) is -2.19. The zero-order valence-corrected chi connectivity index (χ0v) is 12.6. The molecule has 0 saturated heterocycles. The number of carbonyl (C=O) groups is 3. The summed E-state index contributed by atoms with van der Waals surface area (Å²) in [7, 11) is 1.28. The second kappa shape index (κ2) is 6.76. The molecule has 9 heteroatoms. The van der Waals surface area contributed by atoms with Crippen LogP contribution < -0.4 is 10.6 Å². The predicted molar refractivity (Wildman–Crippen MR) is 79.7 cm³/mol. The van der Waals surface area contributed by atoms with Crippen LogP contribution in [0.4, 0.5) is 10.8 Å². The molecule has 22 heavy (non-hydrogen) atoms. The van der Waals surface area contributed by atoms with Crippen molar-refractivity contribution in [3.63, 3.8) is 0 Å². The Morgan fingerprint density at radius 1 is 1.05 bits per heavy atom. The van der Waals surface area contributed by atoms with E-state index in [1.54, 1.807) is 6.92 Å². The van der Waals surface area contributed by atoms with Gasteiger partial charge >= 0.3 is 17.8 Å². The van der Waals surface area contributed by atoms with E-state index in [1.165, 1.54) is 31.4 Å². The fourth-order valence-corrected chi connectivity index (χ4v) is 2.08. The SMILES string of the molecule is COC(=O)c1ccc(NC(=O)C(=O)Nc2nnc(C)s2)cc1. The molecule has 0 atom stereocenters. The molecule has 114 valence electrons. The number of nitrogens with zero attached hydrogens (tertiary/aromatic N) is 2. The van der Waals surface area contributed by atoms with Gasteiger partial charge in [-0.15, -0.1) is 10.2 Å². The molecule has 1 heterocycles. The van der Waals surface area contributed by atoms with Crippen LogP contribution in [0, 0.1) is 6.92 Å². The minimum absolute atomic E-state index is 0.249. The number of aromatic nitrogens is 2. The Balaban J connectivity index is 1.96. The molecule has 0 spiro atoms. The molecule has 0 aliphatic heterocycles. The lowest BCUT2D eigenvalue weighted by Crippen LogP contribution is -2.29. The summed E-state index contributed by atoms with van der Waals surface area (Å²) in [4.78, 5) is 34.7. The van der Waals surface area contributed by atoms with Crippen LogP contribution in [0.1, 0.15) is 15.4 Å². The van der Waals surface area contributed by atoms with Gasteiger partial charge in [0.15, 0.2) is 0 Å². The number of nitrogens with one attached hydrogen (secondary N) is 2. The molecule has 1 aromatic heterocycles. The van der Waals surface area contributed by atoms with Gasteiger partial charge in [0.2, 0.25) is 5.13 Å². The van der Waals surface area contributed by atoms with Crippen molar-refractivity contribution in [2.75, 3.05) is 17.7 Å². The van der Waals surface area contributed by atoms with E-state index >= 15 is 0 Å². The van der Waals surface area contributed by atoms with Crippen molar-refractivity contribution in [3.8, 4) is 0 Å². The molecule has 2 amide bonds. The van der Waals surface area contributed by atoms with Crippen molar-refractivity contribution in [3.05, 3.63) is 34.8 Å². The number of amides is 2. The third kappa shape index (κ3) is 3.85. The molecule has 2 N–H and O–H groups in total. The maximum Gasteiger partial charge on any atom is 0.337 e. The van der Waals surface area contributed by atoms with E-state index in [4.69, 9.17) is 0 Å². The van der Waals surface area contributed by atoms with Crippen LogP contribution in [-0.4, -0.2) is 35.1 Å². The van der Waals surface area contributed by atoms with Gasteiger partial charge in [0, 0.05) is 5.69 Å². The molecule has 8 nitrogen and oxygen atoms in total. The number of benzene rings is 1. The van der Waals surface area contributed by atoms with Gasteiger partial charge in [-0.05, 0) is 31.2 Å². The zero-order chi connectivity index (χ0) is 16.1. The maximum atomic E-state index is 11.7. The fourth-order valence-electron chi connectivity index (χ4n) is 1.50. The van der Waals surface area contributed by atoms with E-state index in [-0.39, 0.29) is 5.13 Å². The smallest absolute Gasteiger partial charge is 0.337 e. The molecule has 0 aliphatic carbocycles. The molecular formula is C13H12N4O4S. The number of aryl methyl sites for hydroxylation is 1. The summed E-state index contributed by atoms with van der Waals surface area (Å²) < 4.78 is 4.56. The van der Waals surface area contributed by atoms with E-state index in [0.29, 0.717) is 16.3 Å². The first-order valence-corrected chi connectivity index (χ1v) is 6.92. The van der Waals surface area contributed by atoms with E-state index in [1.807, 2.05) is 0 Å². The number of carbonyl (C=O) groups excluding carboxylic acids is 3. The van der Waals surface area contributed by atoms with E-state index < -0.39 is 17.8 Å². The number of rotatable bonds is 3. The Labute approximate surface area is 129 Å². The number of hydrogen-bond donors (Lipinski definition) is 2. The summed E-state index contributed by atoms with van der Waals surface area (Å²) in [6, 6.07) is 5.94. The monoisotopic (exact) mass is 320 g/mol. The van der Waals surface area contributed by atoms with E-state index in [2.05, 4.69) is 25.6 Å². The molecule has 2 aromatic rings. The topological polar surface area (TPSA) is 110 Å². The molecule has 0 unspecified atom stereocenters. The van der Waals surface area contributed by atoms with Gasteiger partial charge in [-0.1, -0.05) is 11.3 Å². The minimum atomic E-state index is -0.854. The first-order valence-electron chi connectivity index (χ1n) is 6.10. The standard InChI is InChI=1S/C13H12N4O4S/c1-7-16-17-13(22-7)15-11(19)10(18)14-9-5-3-8(4-6-9)12(20)21-2/h3-6H,1-2H3,(H,14,18)(H,15,17,19). The highest BCUT2D eigenvalue weighted by molar-refractivity contribution is 7.15. The Morgan fingerprint density at radius 3 is 2.23 bits per heavy atom. The van der Waals surface area contributed by atoms with Gasteiger partial charge in [-0.25, -0.2) is 4.79 Å². The number of ether oxygens (including phenoxy) is 1. The van der Waals surface area contributed by atoms with Crippen LogP contribution in [0.15, 0.2) is 24.3 Å². The summed E-state index contributed by atoms with van der Waals surface area (Å²) in [6.07, 6.45) is 0. The van der Waals surface area contributed by atoms with Crippen LogP contribution in [0.25, 0.3) is 0 Å². The van der Waals surface area contributed by atoms with Crippen molar-refractivity contribution >= 4 is 39.9 Å². The number of methoxy groups -OCH3 is 1. The third-order valence-electron chi connectivity index (χ3n) is 2.52. The second-order valence-electron chi connectivity index (χ2n) is 4.10. The summed E-state index contributed by atoms with van der Waals surface area (Å²) in [6.45, 7) is 1.73. The number of esters is 1. The fraction of sp³-hybridized carbons (Fsp3) is 0.154. The lowest BCUT2D eigenvalue weighted by Gasteiger charge is -2.05. The van der Waals surface area contributed by atoms with Gasteiger partial charge in [-0.2, -0.15) is 0 Å².